The Morgan fingerprint density at radius 2 is 2.05 bits per heavy atom. The van der Waals surface area contributed by atoms with Crippen LogP contribution in [0.5, 0.6) is 0 Å². The summed E-state index contributed by atoms with van der Waals surface area (Å²) in [5, 5.41) is 6.08. The molecule has 0 aliphatic carbocycles. The molecule has 19 heavy (non-hydrogen) atoms. The Labute approximate surface area is 116 Å². The minimum Gasteiger partial charge on any atom is -0.355 e. The molecule has 0 spiro atoms. The van der Waals surface area contributed by atoms with Crippen molar-refractivity contribution in [2.24, 2.45) is 5.41 Å². The van der Waals surface area contributed by atoms with Gasteiger partial charge in [0.05, 0.1) is 12.0 Å². The second kappa shape index (κ2) is 7.48. The Kier molecular flexibility index (Phi) is 6.28. The van der Waals surface area contributed by atoms with Crippen molar-refractivity contribution in [2.75, 3.05) is 33.2 Å². The maximum atomic E-state index is 12.6. The van der Waals surface area contributed by atoms with E-state index in [1.807, 2.05) is 6.92 Å². The average molecular weight is 269 g/mol. The predicted molar refractivity (Wildman–Crippen MR) is 75.8 cm³/mol. The van der Waals surface area contributed by atoms with Crippen LogP contribution >= 0.6 is 0 Å². The average Bonchev–Trinajstić information content (AvgIpc) is 2.85. The van der Waals surface area contributed by atoms with Crippen molar-refractivity contribution in [3.8, 4) is 0 Å². The van der Waals surface area contributed by atoms with E-state index in [-0.39, 0.29) is 23.8 Å². The topological polar surface area (TPSA) is 61.4 Å². The summed E-state index contributed by atoms with van der Waals surface area (Å²) in [4.78, 5) is 25.8. The number of nitrogens with zero attached hydrogens (tertiary/aromatic N) is 1. The smallest absolute Gasteiger partial charge is 0.239 e. The minimum absolute atomic E-state index is 0.0738. The van der Waals surface area contributed by atoms with Crippen LogP contribution in [0.25, 0.3) is 0 Å². The number of hydrogen-bond acceptors (Lipinski definition) is 3. The lowest BCUT2D eigenvalue weighted by Crippen LogP contribution is -2.47. The molecule has 0 aromatic carbocycles. The fourth-order valence-electron chi connectivity index (χ4n) is 2.74. The van der Waals surface area contributed by atoms with E-state index in [0.29, 0.717) is 6.54 Å². The summed E-state index contributed by atoms with van der Waals surface area (Å²) < 4.78 is 0. The van der Waals surface area contributed by atoms with Crippen LogP contribution < -0.4 is 10.6 Å². The number of amides is 2. The summed E-state index contributed by atoms with van der Waals surface area (Å²) in [5.41, 5.74) is -0.297. The molecule has 0 aromatic heterocycles. The summed E-state index contributed by atoms with van der Waals surface area (Å²) >= 11 is 0. The Hall–Kier alpha value is -1.10. The maximum Gasteiger partial charge on any atom is 0.239 e. The first kappa shape index (κ1) is 16.0. The van der Waals surface area contributed by atoms with E-state index in [0.717, 1.165) is 38.8 Å². The van der Waals surface area contributed by atoms with Gasteiger partial charge in [-0.1, -0.05) is 20.3 Å². The van der Waals surface area contributed by atoms with Crippen LogP contribution in [0, 0.1) is 5.41 Å². The monoisotopic (exact) mass is 269 g/mol. The minimum atomic E-state index is -0.297. The van der Waals surface area contributed by atoms with Crippen molar-refractivity contribution in [3.63, 3.8) is 0 Å². The third-order valence-electron chi connectivity index (χ3n) is 3.73. The summed E-state index contributed by atoms with van der Waals surface area (Å²) in [5.74, 6) is 0.0290. The van der Waals surface area contributed by atoms with Crippen LogP contribution in [0.15, 0.2) is 0 Å². The van der Waals surface area contributed by atoms with Gasteiger partial charge >= 0.3 is 0 Å². The largest absolute Gasteiger partial charge is 0.355 e. The van der Waals surface area contributed by atoms with Crippen molar-refractivity contribution in [1.82, 2.24) is 15.5 Å². The standard InChI is InChI=1S/C14H27N3O2/c1-4-6-14(7-9-15-11-14)13(19)17(3)10-12(18)16-8-5-2/h15H,4-11H2,1-3H3,(H,16,18). The first-order chi connectivity index (χ1) is 9.05. The van der Waals surface area contributed by atoms with E-state index in [1.54, 1.807) is 11.9 Å². The highest BCUT2D eigenvalue weighted by atomic mass is 16.2. The molecule has 1 aliphatic heterocycles. The quantitative estimate of drug-likeness (QED) is 0.717. The van der Waals surface area contributed by atoms with Crippen molar-refractivity contribution in [2.45, 2.75) is 39.5 Å². The lowest BCUT2D eigenvalue weighted by Gasteiger charge is -2.31. The van der Waals surface area contributed by atoms with E-state index >= 15 is 0 Å². The van der Waals surface area contributed by atoms with Gasteiger partial charge in [0.15, 0.2) is 0 Å². The number of nitrogens with one attached hydrogen (secondary N) is 2. The number of carbonyl (C=O) groups excluding carboxylic acids is 2. The first-order valence-corrected chi connectivity index (χ1v) is 7.28. The third-order valence-corrected chi connectivity index (χ3v) is 3.73. The second-order valence-electron chi connectivity index (χ2n) is 5.47. The predicted octanol–water partition coefficient (Wildman–Crippen LogP) is 0.751. The molecule has 5 nitrogen and oxygen atoms in total. The fraction of sp³-hybridized carbons (Fsp3) is 0.857. The SMILES string of the molecule is CCCNC(=O)CN(C)C(=O)C1(CCC)CCNC1. The molecule has 0 bridgehead atoms. The Morgan fingerprint density at radius 1 is 1.32 bits per heavy atom. The molecule has 1 atom stereocenters. The van der Waals surface area contributed by atoms with Crippen LogP contribution in [0.2, 0.25) is 0 Å². The summed E-state index contributed by atoms with van der Waals surface area (Å²) in [7, 11) is 1.73. The van der Waals surface area contributed by atoms with E-state index < -0.39 is 0 Å². The van der Waals surface area contributed by atoms with Crippen LogP contribution in [-0.4, -0.2) is 49.9 Å². The number of rotatable bonds is 7. The van der Waals surface area contributed by atoms with E-state index in [9.17, 15) is 9.59 Å². The van der Waals surface area contributed by atoms with Gasteiger partial charge in [-0.2, -0.15) is 0 Å². The van der Waals surface area contributed by atoms with Crippen molar-refractivity contribution >= 4 is 11.8 Å². The van der Waals surface area contributed by atoms with Crippen molar-refractivity contribution in [3.05, 3.63) is 0 Å². The molecule has 5 heteroatoms. The van der Waals surface area contributed by atoms with Gasteiger partial charge in [0.25, 0.3) is 0 Å². The Bertz CT molecular complexity index is 312. The number of hydrogen-bond donors (Lipinski definition) is 2. The van der Waals surface area contributed by atoms with Crippen LogP contribution in [0.4, 0.5) is 0 Å². The highest BCUT2D eigenvalue weighted by Gasteiger charge is 2.42. The van der Waals surface area contributed by atoms with Gasteiger partial charge in [-0.25, -0.2) is 0 Å². The van der Waals surface area contributed by atoms with Crippen molar-refractivity contribution in [1.29, 1.82) is 0 Å². The molecule has 0 saturated carbocycles. The normalized spacial score (nSPS) is 22.3. The Morgan fingerprint density at radius 3 is 2.58 bits per heavy atom. The second-order valence-corrected chi connectivity index (χ2v) is 5.47. The highest BCUT2D eigenvalue weighted by molar-refractivity contribution is 5.88. The maximum absolute atomic E-state index is 12.6. The lowest BCUT2D eigenvalue weighted by atomic mass is 9.81. The summed E-state index contributed by atoms with van der Waals surface area (Å²) in [6, 6.07) is 0. The molecule has 1 saturated heterocycles. The molecular weight excluding hydrogens is 242 g/mol. The van der Waals surface area contributed by atoms with Gasteiger partial charge in [0.1, 0.15) is 0 Å². The third kappa shape index (κ3) is 4.20. The molecule has 1 aliphatic rings. The molecule has 2 N–H and O–H groups in total. The fourth-order valence-corrected chi connectivity index (χ4v) is 2.74. The molecule has 1 fully saturated rings. The molecule has 1 heterocycles. The van der Waals surface area contributed by atoms with Gasteiger partial charge in [0, 0.05) is 20.1 Å². The molecule has 110 valence electrons. The zero-order valence-corrected chi connectivity index (χ0v) is 12.4. The van der Waals surface area contributed by atoms with Crippen LogP contribution in [0.3, 0.4) is 0 Å². The van der Waals surface area contributed by atoms with Crippen LogP contribution in [-0.2, 0) is 9.59 Å². The molecule has 1 unspecified atom stereocenters. The van der Waals surface area contributed by atoms with Gasteiger partial charge in [-0.05, 0) is 25.8 Å². The molecule has 0 aromatic rings. The number of carbonyl (C=O) groups is 2. The first-order valence-electron chi connectivity index (χ1n) is 7.28. The van der Waals surface area contributed by atoms with Gasteiger partial charge in [-0.3, -0.25) is 9.59 Å². The summed E-state index contributed by atoms with van der Waals surface area (Å²) in [6.45, 7) is 6.56. The molecule has 2 amide bonds. The summed E-state index contributed by atoms with van der Waals surface area (Å²) in [6.07, 6.45) is 3.66. The molecule has 0 radical (unpaired) electrons. The number of likely N-dealkylation sites (N-methyl/N-ethyl adjacent to an activating group) is 1. The Balaban J connectivity index is 2.56. The lowest BCUT2D eigenvalue weighted by molar-refractivity contribution is -0.143. The van der Waals surface area contributed by atoms with Gasteiger partial charge in [0.2, 0.25) is 11.8 Å². The van der Waals surface area contributed by atoms with Crippen molar-refractivity contribution < 1.29 is 9.59 Å². The zero-order valence-electron chi connectivity index (χ0n) is 12.4. The van der Waals surface area contributed by atoms with Gasteiger partial charge in [-0.15, -0.1) is 0 Å². The zero-order chi connectivity index (χ0) is 14.3. The van der Waals surface area contributed by atoms with E-state index in [1.165, 1.54) is 0 Å². The van der Waals surface area contributed by atoms with E-state index in [4.69, 9.17) is 0 Å². The highest BCUT2D eigenvalue weighted by Crippen LogP contribution is 2.32. The van der Waals surface area contributed by atoms with E-state index in [2.05, 4.69) is 17.6 Å². The van der Waals surface area contributed by atoms with Crippen LogP contribution in [0.1, 0.15) is 39.5 Å². The molecule has 1 rings (SSSR count). The van der Waals surface area contributed by atoms with Gasteiger partial charge < -0.3 is 15.5 Å². The molecular formula is C14H27N3O2.